The Labute approximate surface area is 106 Å². The molecule has 1 rings (SSSR count). The zero-order valence-electron chi connectivity index (χ0n) is 9.56. The van der Waals surface area contributed by atoms with Crippen LogP contribution in [0.15, 0.2) is 17.0 Å². The van der Waals surface area contributed by atoms with E-state index in [1.807, 2.05) is 6.07 Å². The van der Waals surface area contributed by atoms with E-state index < -0.39 is 0 Å². The van der Waals surface area contributed by atoms with Gasteiger partial charge in [0, 0.05) is 11.4 Å². The summed E-state index contributed by atoms with van der Waals surface area (Å²) in [4.78, 5) is 12.0. The highest BCUT2D eigenvalue weighted by atomic mass is 32.1. The Bertz CT molecular complexity index is 466. The van der Waals surface area contributed by atoms with Crippen molar-refractivity contribution < 1.29 is 9.53 Å². The van der Waals surface area contributed by atoms with E-state index in [1.165, 1.54) is 0 Å². The van der Waals surface area contributed by atoms with Gasteiger partial charge >= 0.3 is 5.97 Å². The Morgan fingerprint density at radius 1 is 1.59 bits per heavy atom. The molecule has 0 unspecified atom stereocenters. The van der Waals surface area contributed by atoms with E-state index in [9.17, 15) is 4.79 Å². The van der Waals surface area contributed by atoms with Crippen LogP contribution in [-0.2, 0) is 22.5 Å². The summed E-state index contributed by atoms with van der Waals surface area (Å²) in [5.41, 5.74) is 7.34. The maximum Gasteiger partial charge on any atom is 0.310 e. The molecule has 5 heteroatoms. The van der Waals surface area contributed by atoms with Gasteiger partial charge in [-0.05, 0) is 30.2 Å². The fourth-order valence-corrected chi connectivity index (χ4v) is 1.84. The average molecular weight is 250 g/mol. The monoisotopic (exact) mass is 250 g/mol. The van der Waals surface area contributed by atoms with Crippen LogP contribution in [0.25, 0.3) is 0 Å². The van der Waals surface area contributed by atoms with E-state index in [0.29, 0.717) is 29.2 Å². The van der Waals surface area contributed by atoms with Crippen LogP contribution in [0, 0.1) is 11.3 Å². The second-order valence-electron chi connectivity index (χ2n) is 3.44. The first-order valence-corrected chi connectivity index (χ1v) is 5.67. The Kier molecular flexibility index (Phi) is 5.01. The summed E-state index contributed by atoms with van der Waals surface area (Å²) in [6, 6.07) is 5.48. The molecule has 90 valence electrons. The number of benzene rings is 1. The van der Waals surface area contributed by atoms with Crippen molar-refractivity contribution in [1.82, 2.24) is 0 Å². The lowest BCUT2D eigenvalue weighted by Gasteiger charge is -2.09. The van der Waals surface area contributed by atoms with E-state index in [4.69, 9.17) is 15.7 Å². The van der Waals surface area contributed by atoms with Gasteiger partial charge in [-0.3, -0.25) is 4.79 Å². The van der Waals surface area contributed by atoms with Gasteiger partial charge in [-0.15, -0.1) is 12.6 Å². The molecule has 0 aromatic heterocycles. The Hall–Kier alpha value is -1.51. The summed E-state index contributed by atoms with van der Waals surface area (Å²) >= 11 is 4.27. The van der Waals surface area contributed by atoms with Gasteiger partial charge in [-0.2, -0.15) is 5.26 Å². The lowest BCUT2D eigenvalue weighted by Crippen LogP contribution is -2.10. The van der Waals surface area contributed by atoms with Crippen LogP contribution in [0.4, 0.5) is 0 Å². The van der Waals surface area contributed by atoms with Crippen molar-refractivity contribution in [2.24, 2.45) is 5.73 Å². The van der Waals surface area contributed by atoms with Crippen molar-refractivity contribution in [3.05, 3.63) is 28.8 Å². The molecule has 1 aromatic carbocycles. The molecule has 17 heavy (non-hydrogen) atoms. The van der Waals surface area contributed by atoms with E-state index in [1.54, 1.807) is 19.1 Å². The van der Waals surface area contributed by atoms with Gasteiger partial charge < -0.3 is 10.5 Å². The lowest BCUT2D eigenvalue weighted by molar-refractivity contribution is -0.142. The third-order valence-corrected chi connectivity index (χ3v) is 2.67. The van der Waals surface area contributed by atoms with E-state index in [0.717, 1.165) is 5.56 Å². The number of carbonyl (C=O) groups is 1. The van der Waals surface area contributed by atoms with Gasteiger partial charge in [0.25, 0.3) is 0 Å². The minimum atomic E-state index is -0.361. The number of ether oxygens (including phenoxy) is 1. The summed E-state index contributed by atoms with van der Waals surface area (Å²) < 4.78 is 4.85. The fraction of sp³-hybridized carbons (Fsp3) is 0.333. The minimum absolute atomic E-state index is 0.0560. The molecule has 1 aromatic rings. The number of carbonyl (C=O) groups excluding carboxylic acids is 1. The summed E-state index contributed by atoms with van der Waals surface area (Å²) in [5, 5.41) is 9.03. The Morgan fingerprint density at radius 2 is 2.29 bits per heavy atom. The van der Waals surface area contributed by atoms with Crippen LogP contribution in [0.5, 0.6) is 0 Å². The molecule has 0 spiro atoms. The second-order valence-corrected chi connectivity index (χ2v) is 3.92. The highest BCUT2D eigenvalue weighted by molar-refractivity contribution is 7.80. The summed E-state index contributed by atoms with van der Waals surface area (Å²) in [7, 11) is 0. The van der Waals surface area contributed by atoms with Crippen LogP contribution in [0.3, 0.4) is 0 Å². The van der Waals surface area contributed by atoms with Crippen LogP contribution in [0.2, 0.25) is 0 Å². The summed E-state index contributed by atoms with van der Waals surface area (Å²) in [6.45, 7) is 2.40. The van der Waals surface area contributed by atoms with Gasteiger partial charge in [0.15, 0.2) is 0 Å². The van der Waals surface area contributed by atoms with Crippen LogP contribution in [0.1, 0.15) is 23.6 Å². The first-order valence-electron chi connectivity index (χ1n) is 5.22. The smallest absolute Gasteiger partial charge is 0.310 e. The van der Waals surface area contributed by atoms with Crippen molar-refractivity contribution in [2.45, 2.75) is 24.8 Å². The maximum atomic E-state index is 11.4. The molecule has 0 fully saturated rings. The number of thiol groups is 1. The molecule has 0 aliphatic carbocycles. The van der Waals surface area contributed by atoms with Gasteiger partial charge in [-0.1, -0.05) is 0 Å². The highest BCUT2D eigenvalue weighted by Crippen LogP contribution is 2.21. The van der Waals surface area contributed by atoms with Gasteiger partial charge in [0.1, 0.15) is 0 Å². The van der Waals surface area contributed by atoms with E-state index >= 15 is 0 Å². The number of esters is 1. The van der Waals surface area contributed by atoms with Crippen molar-refractivity contribution in [3.63, 3.8) is 0 Å². The molecule has 0 aliphatic heterocycles. The highest BCUT2D eigenvalue weighted by Gasteiger charge is 2.13. The van der Waals surface area contributed by atoms with Crippen LogP contribution >= 0.6 is 12.6 Å². The second kappa shape index (κ2) is 6.28. The summed E-state index contributed by atoms with van der Waals surface area (Å²) in [5.74, 6) is -0.361. The molecule has 0 atom stereocenters. The predicted molar refractivity (Wildman–Crippen MR) is 66.6 cm³/mol. The molecular formula is C12H14N2O2S. The number of rotatable bonds is 4. The Morgan fingerprint density at radius 3 is 2.82 bits per heavy atom. The number of hydrogen-bond donors (Lipinski definition) is 2. The van der Waals surface area contributed by atoms with Gasteiger partial charge in [-0.25, -0.2) is 0 Å². The van der Waals surface area contributed by atoms with Crippen molar-refractivity contribution in [2.75, 3.05) is 6.61 Å². The van der Waals surface area contributed by atoms with E-state index in [-0.39, 0.29) is 12.4 Å². The molecular weight excluding hydrogens is 236 g/mol. The quantitative estimate of drug-likeness (QED) is 0.626. The predicted octanol–water partition coefficient (Wildman–Crippen LogP) is 1.41. The number of nitrogens with zero attached hydrogens (tertiary/aromatic N) is 1. The molecule has 0 aliphatic rings. The standard InChI is InChI=1S/C12H14N2O2S/c1-2-16-12(15)5-10-9(7-14)3-8(6-13)4-11(10)17/h3-4,17H,2,5-6,13H2,1H3. The zero-order valence-corrected chi connectivity index (χ0v) is 10.5. The molecule has 2 N–H and O–H groups in total. The average Bonchev–Trinajstić information content (AvgIpc) is 2.31. The SMILES string of the molecule is CCOC(=O)Cc1c(S)cc(CN)cc1C#N. The number of nitrogens with two attached hydrogens (primary N) is 1. The van der Waals surface area contributed by atoms with Crippen molar-refractivity contribution >= 4 is 18.6 Å². The zero-order chi connectivity index (χ0) is 12.8. The molecule has 0 saturated carbocycles. The Balaban J connectivity index is 3.07. The van der Waals surface area contributed by atoms with E-state index in [2.05, 4.69) is 12.6 Å². The van der Waals surface area contributed by atoms with Crippen LogP contribution in [-0.4, -0.2) is 12.6 Å². The first kappa shape index (κ1) is 13.6. The molecule has 0 saturated heterocycles. The molecule has 0 heterocycles. The molecule has 4 nitrogen and oxygen atoms in total. The third kappa shape index (κ3) is 3.48. The first-order chi connectivity index (χ1) is 8.12. The lowest BCUT2D eigenvalue weighted by atomic mass is 10.0. The summed E-state index contributed by atoms with van der Waals surface area (Å²) in [6.07, 6.45) is 0.0560. The molecule has 0 bridgehead atoms. The maximum absolute atomic E-state index is 11.4. The number of nitriles is 1. The van der Waals surface area contributed by atoms with Crippen LogP contribution < -0.4 is 5.73 Å². The normalized spacial score (nSPS) is 9.76. The fourth-order valence-electron chi connectivity index (χ4n) is 1.47. The van der Waals surface area contributed by atoms with Crippen molar-refractivity contribution in [1.29, 1.82) is 5.26 Å². The molecule has 0 radical (unpaired) electrons. The van der Waals surface area contributed by atoms with Gasteiger partial charge in [0.2, 0.25) is 0 Å². The largest absolute Gasteiger partial charge is 0.466 e. The minimum Gasteiger partial charge on any atom is -0.466 e. The number of hydrogen-bond acceptors (Lipinski definition) is 5. The third-order valence-electron chi connectivity index (χ3n) is 2.27. The van der Waals surface area contributed by atoms with Gasteiger partial charge in [0.05, 0.1) is 24.7 Å². The van der Waals surface area contributed by atoms with Crippen molar-refractivity contribution in [3.8, 4) is 6.07 Å². The molecule has 0 amide bonds. The topological polar surface area (TPSA) is 76.1 Å².